The topological polar surface area (TPSA) is 97.4 Å². The van der Waals surface area contributed by atoms with Gasteiger partial charge in [-0.05, 0) is 5.56 Å². The number of hydrogen-bond donors (Lipinski definition) is 0. The number of esters is 3. The molecule has 4 atom stereocenters. The third-order valence-corrected chi connectivity index (χ3v) is 3.89. The lowest BCUT2D eigenvalue weighted by molar-refractivity contribution is -0.235. The van der Waals surface area contributed by atoms with Gasteiger partial charge in [-0.2, -0.15) is 0 Å². The standard InChI is InChI=1S/C19H24O8/c1-12(20)23-10-16-18(25-9-15-7-5-4-6-8-15)19(27-14(3)22)17(11-24-16)26-13(2)21/h4-8,16-19H,9-11H2,1-3H3. The number of carbonyl (C=O) groups is 3. The molecule has 0 bridgehead atoms. The molecule has 0 N–H and O–H groups in total. The maximum absolute atomic E-state index is 11.6. The summed E-state index contributed by atoms with van der Waals surface area (Å²) in [6.45, 7) is 3.95. The fraction of sp³-hybridized carbons (Fsp3) is 0.526. The first-order valence-corrected chi connectivity index (χ1v) is 8.61. The van der Waals surface area contributed by atoms with E-state index in [0.29, 0.717) is 0 Å². The lowest BCUT2D eigenvalue weighted by Gasteiger charge is -2.40. The Morgan fingerprint density at radius 1 is 0.963 bits per heavy atom. The smallest absolute Gasteiger partial charge is 0.303 e. The fourth-order valence-corrected chi connectivity index (χ4v) is 2.79. The van der Waals surface area contributed by atoms with Crippen molar-refractivity contribution in [1.82, 2.24) is 0 Å². The van der Waals surface area contributed by atoms with Gasteiger partial charge in [-0.1, -0.05) is 30.3 Å². The van der Waals surface area contributed by atoms with E-state index in [1.165, 1.54) is 20.8 Å². The minimum atomic E-state index is -0.885. The maximum Gasteiger partial charge on any atom is 0.303 e. The number of carbonyl (C=O) groups excluding carboxylic acids is 3. The normalized spacial score (nSPS) is 24.7. The lowest BCUT2D eigenvalue weighted by Crippen LogP contribution is -2.58. The highest BCUT2D eigenvalue weighted by molar-refractivity contribution is 5.67. The Morgan fingerprint density at radius 2 is 1.63 bits per heavy atom. The van der Waals surface area contributed by atoms with E-state index in [1.54, 1.807) is 0 Å². The van der Waals surface area contributed by atoms with E-state index in [9.17, 15) is 14.4 Å². The van der Waals surface area contributed by atoms with Crippen molar-refractivity contribution >= 4 is 17.9 Å². The maximum atomic E-state index is 11.6. The number of ether oxygens (including phenoxy) is 5. The van der Waals surface area contributed by atoms with Gasteiger partial charge in [0.1, 0.15) is 18.8 Å². The first-order chi connectivity index (χ1) is 12.9. The van der Waals surface area contributed by atoms with E-state index in [4.69, 9.17) is 23.7 Å². The lowest BCUT2D eigenvalue weighted by atomic mass is 9.99. The van der Waals surface area contributed by atoms with Crippen molar-refractivity contribution in [3.8, 4) is 0 Å². The van der Waals surface area contributed by atoms with E-state index in [1.807, 2.05) is 30.3 Å². The van der Waals surface area contributed by atoms with Gasteiger partial charge in [0.05, 0.1) is 13.2 Å². The minimum Gasteiger partial charge on any atom is -0.463 e. The predicted molar refractivity (Wildman–Crippen MR) is 92.5 cm³/mol. The van der Waals surface area contributed by atoms with Gasteiger partial charge < -0.3 is 23.7 Å². The van der Waals surface area contributed by atoms with Crippen molar-refractivity contribution in [2.24, 2.45) is 0 Å². The Hall–Kier alpha value is -2.45. The van der Waals surface area contributed by atoms with Crippen LogP contribution in [0.15, 0.2) is 30.3 Å². The average Bonchev–Trinajstić information content (AvgIpc) is 2.60. The van der Waals surface area contributed by atoms with Crippen LogP contribution in [0.5, 0.6) is 0 Å². The van der Waals surface area contributed by atoms with Crippen LogP contribution in [0.4, 0.5) is 0 Å². The molecule has 8 heteroatoms. The fourth-order valence-electron chi connectivity index (χ4n) is 2.79. The number of benzene rings is 1. The van der Waals surface area contributed by atoms with E-state index in [2.05, 4.69) is 0 Å². The molecular formula is C19H24O8. The first-order valence-electron chi connectivity index (χ1n) is 8.61. The molecule has 1 aliphatic heterocycles. The Kier molecular flexibility index (Phi) is 7.75. The molecule has 2 rings (SSSR count). The third kappa shape index (κ3) is 6.65. The second-order valence-corrected chi connectivity index (χ2v) is 6.16. The van der Waals surface area contributed by atoms with Gasteiger partial charge in [0.15, 0.2) is 12.2 Å². The van der Waals surface area contributed by atoms with Gasteiger partial charge in [0.2, 0.25) is 0 Å². The zero-order valence-electron chi connectivity index (χ0n) is 15.6. The summed E-state index contributed by atoms with van der Waals surface area (Å²) in [7, 11) is 0. The second-order valence-electron chi connectivity index (χ2n) is 6.16. The first kappa shape index (κ1) is 20.9. The molecule has 1 aromatic rings. The highest BCUT2D eigenvalue weighted by atomic mass is 16.6. The Morgan fingerprint density at radius 3 is 2.22 bits per heavy atom. The summed E-state index contributed by atoms with van der Waals surface area (Å²) < 4.78 is 27.3. The van der Waals surface area contributed by atoms with Crippen LogP contribution in [0, 0.1) is 0 Å². The van der Waals surface area contributed by atoms with Crippen LogP contribution >= 0.6 is 0 Å². The minimum absolute atomic E-state index is 0.00530. The molecule has 1 saturated heterocycles. The molecule has 1 aromatic carbocycles. The monoisotopic (exact) mass is 380 g/mol. The molecule has 8 nitrogen and oxygen atoms in total. The molecule has 4 unspecified atom stereocenters. The predicted octanol–water partition coefficient (Wildman–Crippen LogP) is 1.40. The van der Waals surface area contributed by atoms with Crippen LogP contribution in [-0.4, -0.2) is 55.5 Å². The summed E-state index contributed by atoms with van der Waals surface area (Å²) in [5.41, 5.74) is 0.903. The molecule has 0 spiro atoms. The molecule has 1 heterocycles. The number of hydrogen-bond acceptors (Lipinski definition) is 8. The molecule has 0 amide bonds. The molecule has 0 radical (unpaired) electrons. The zero-order valence-corrected chi connectivity index (χ0v) is 15.6. The van der Waals surface area contributed by atoms with Crippen LogP contribution in [0.25, 0.3) is 0 Å². The van der Waals surface area contributed by atoms with Crippen LogP contribution in [0.3, 0.4) is 0 Å². The Labute approximate surface area is 157 Å². The van der Waals surface area contributed by atoms with E-state index >= 15 is 0 Å². The molecular weight excluding hydrogens is 356 g/mol. The quantitative estimate of drug-likeness (QED) is 0.517. The van der Waals surface area contributed by atoms with Crippen LogP contribution < -0.4 is 0 Å². The van der Waals surface area contributed by atoms with Gasteiger partial charge in [-0.25, -0.2) is 0 Å². The Balaban J connectivity index is 2.19. The molecule has 148 valence electrons. The summed E-state index contributed by atoms with van der Waals surface area (Å²) in [4.78, 5) is 34.2. The van der Waals surface area contributed by atoms with Crippen molar-refractivity contribution in [3.63, 3.8) is 0 Å². The summed E-state index contributed by atoms with van der Waals surface area (Å²) in [6.07, 6.45) is -3.16. The molecule has 1 aliphatic rings. The largest absolute Gasteiger partial charge is 0.463 e. The summed E-state index contributed by atoms with van der Waals surface area (Å²) >= 11 is 0. The van der Waals surface area contributed by atoms with Gasteiger partial charge >= 0.3 is 17.9 Å². The van der Waals surface area contributed by atoms with Gasteiger partial charge in [-0.15, -0.1) is 0 Å². The van der Waals surface area contributed by atoms with Crippen molar-refractivity contribution < 1.29 is 38.1 Å². The van der Waals surface area contributed by atoms with Gasteiger partial charge in [0.25, 0.3) is 0 Å². The second kappa shape index (κ2) is 10.0. The summed E-state index contributed by atoms with van der Waals surface area (Å²) in [5, 5.41) is 0. The highest BCUT2D eigenvalue weighted by Gasteiger charge is 2.45. The van der Waals surface area contributed by atoms with Gasteiger partial charge in [0, 0.05) is 20.8 Å². The van der Waals surface area contributed by atoms with E-state index in [0.717, 1.165) is 5.56 Å². The average molecular weight is 380 g/mol. The van der Waals surface area contributed by atoms with Crippen LogP contribution in [0.2, 0.25) is 0 Å². The van der Waals surface area contributed by atoms with Crippen LogP contribution in [-0.2, 0) is 44.7 Å². The molecule has 0 aliphatic carbocycles. The molecule has 1 fully saturated rings. The molecule has 0 aromatic heterocycles. The van der Waals surface area contributed by atoms with Crippen molar-refractivity contribution in [3.05, 3.63) is 35.9 Å². The third-order valence-electron chi connectivity index (χ3n) is 3.89. The SMILES string of the molecule is CC(=O)OCC1OCC(OC(C)=O)C(OC(C)=O)C1OCc1ccccc1. The zero-order chi connectivity index (χ0) is 19.8. The van der Waals surface area contributed by atoms with E-state index in [-0.39, 0.29) is 19.8 Å². The van der Waals surface area contributed by atoms with Crippen molar-refractivity contribution in [2.45, 2.75) is 51.8 Å². The van der Waals surface area contributed by atoms with E-state index < -0.39 is 42.3 Å². The van der Waals surface area contributed by atoms with Crippen molar-refractivity contribution in [2.75, 3.05) is 13.2 Å². The number of rotatable bonds is 7. The van der Waals surface area contributed by atoms with Crippen LogP contribution in [0.1, 0.15) is 26.3 Å². The molecule has 27 heavy (non-hydrogen) atoms. The summed E-state index contributed by atoms with van der Waals surface area (Å²) in [5.74, 6) is -1.54. The van der Waals surface area contributed by atoms with Gasteiger partial charge in [-0.3, -0.25) is 14.4 Å². The van der Waals surface area contributed by atoms with Crippen molar-refractivity contribution in [1.29, 1.82) is 0 Å². The summed E-state index contributed by atoms with van der Waals surface area (Å²) in [6, 6.07) is 9.40. The highest BCUT2D eigenvalue weighted by Crippen LogP contribution is 2.25. The molecule has 0 saturated carbocycles. The Bertz CT molecular complexity index is 644.